The summed E-state index contributed by atoms with van der Waals surface area (Å²) >= 11 is 0. The summed E-state index contributed by atoms with van der Waals surface area (Å²) in [6.07, 6.45) is 0.00801. The van der Waals surface area contributed by atoms with Crippen molar-refractivity contribution in [1.82, 2.24) is 4.31 Å². The third-order valence-electron chi connectivity index (χ3n) is 3.83. The number of hydrogen-bond donors (Lipinski definition) is 1. The number of carboxylic acid groups (broad SMARTS) is 1. The number of likely N-dealkylation sites (N-methyl/N-ethyl adjacent to an activating group) is 1. The van der Waals surface area contributed by atoms with Crippen LogP contribution < -0.4 is 4.74 Å². The maximum atomic E-state index is 12.7. The molecule has 7 heteroatoms. The maximum absolute atomic E-state index is 12.7. The average molecular weight is 363 g/mol. The molecule has 0 aliphatic rings. The number of carbonyl (C=O) groups is 1. The summed E-state index contributed by atoms with van der Waals surface area (Å²) < 4.78 is 31.8. The molecule has 0 bridgehead atoms. The predicted molar refractivity (Wildman–Crippen MR) is 94.1 cm³/mol. The molecular formula is C18H21NO5S. The van der Waals surface area contributed by atoms with Gasteiger partial charge < -0.3 is 9.84 Å². The Labute approximate surface area is 147 Å². The molecule has 2 aromatic carbocycles. The molecule has 2 aromatic rings. The average Bonchev–Trinajstić information content (AvgIpc) is 2.61. The van der Waals surface area contributed by atoms with Crippen LogP contribution in [-0.2, 0) is 21.2 Å². The monoisotopic (exact) mass is 363 g/mol. The number of rotatable bonds is 8. The Morgan fingerprint density at radius 1 is 1.12 bits per heavy atom. The van der Waals surface area contributed by atoms with Crippen LogP contribution in [0.2, 0.25) is 0 Å². The van der Waals surface area contributed by atoms with Crippen molar-refractivity contribution >= 4 is 16.0 Å². The van der Waals surface area contributed by atoms with Gasteiger partial charge in [0.05, 0.1) is 11.5 Å². The Balaban J connectivity index is 2.34. The minimum atomic E-state index is -3.92. The van der Waals surface area contributed by atoms with E-state index in [9.17, 15) is 18.3 Å². The van der Waals surface area contributed by atoms with E-state index in [4.69, 9.17) is 4.74 Å². The molecule has 1 unspecified atom stereocenters. The minimum absolute atomic E-state index is 0.00801. The van der Waals surface area contributed by atoms with Crippen LogP contribution in [0.25, 0.3) is 0 Å². The van der Waals surface area contributed by atoms with E-state index in [0.717, 1.165) is 4.31 Å². The van der Waals surface area contributed by atoms with Gasteiger partial charge in [-0.15, -0.1) is 0 Å². The van der Waals surface area contributed by atoms with Gasteiger partial charge >= 0.3 is 5.97 Å². The summed E-state index contributed by atoms with van der Waals surface area (Å²) in [5.41, 5.74) is 0.645. The Hall–Kier alpha value is -2.38. The lowest BCUT2D eigenvalue weighted by atomic mass is 10.1. The maximum Gasteiger partial charge on any atom is 0.322 e. The fourth-order valence-corrected chi connectivity index (χ4v) is 3.81. The predicted octanol–water partition coefficient (Wildman–Crippen LogP) is 2.40. The molecule has 0 saturated carbocycles. The summed E-state index contributed by atoms with van der Waals surface area (Å²) in [5, 5.41) is 9.59. The molecule has 2 rings (SSSR count). The van der Waals surface area contributed by atoms with Crippen LogP contribution in [0.4, 0.5) is 0 Å². The first-order chi connectivity index (χ1) is 11.9. The molecule has 25 heavy (non-hydrogen) atoms. The van der Waals surface area contributed by atoms with Crippen LogP contribution in [0, 0.1) is 0 Å². The number of benzene rings is 2. The highest BCUT2D eigenvalue weighted by molar-refractivity contribution is 7.89. The largest absolute Gasteiger partial charge is 0.494 e. The molecule has 0 amide bonds. The summed E-state index contributed by atoms with van der Waals surface area (Å²) in [6, 6.07) is 13.6. The minimum Gasteiger partial charge on any atom is -0.494 e. The van der Waals surface area contributed by atoms with Crippen molar-refractivity contribution < 1.29 is 23.1 Å². The van der Waals surface area contributed by atoms with Crippen LogP contribution >= 0.6 is 0 Å². The SMILES string of the molecule is CCOc1ccccc1CC(C(=O)O)N(C)S(=O)(=O)c1ccccc1. The quantitative estimate of drug-likeness (QED) is 0.779. The molecule has 1 N–H and O–H groups in total. The van der Waals surface area contributed by atoms with Crippen molar-refractivity contribution in [1.29, 1.82) is 0 Å². The Bertz CT molecular complexity index is 820. The van der Waals surface area contributed by atoms with Crippen molar-refractivity contribution in [2.24, 2.45) is 0 Å². The lowest BCUT2D eigenvalue weighted by Gasteiger charge is -2.25. The molecule has 1 atom stereocenters. The summed E-state index contributed by atoms with van der Waals surface area (Å²) in [5.74, 6) is -0.657. The first kappa shape index (κ1) is 19.0. The van der Waals surface area contributed by atoms with E-state index in [1.165, 1.54) is 19.2 Å². The fraction of sp³-hybridized carbons (Fsp3) is 0.278. The Morgan fingerprint density at radius 2 is 1.72 bits per heavy atom. The molecule has 134 valence electrons. The molecule has 0 fully saturated rings. The number of carboxylic acids is 1. The molecule has 0 saturated heterocycles. The van der Waals surface area contributed by atoms with Crippen molar-refractivity contribution in [2.45, 2.75) is 24.3 Å². The van der Waals surface area contributed by atoms with Crippen LogP contribution in [0.15, 0.2) is 59.5 Å². The van der Waals surface area contributed by atoms with Crippen LogP contribution in [0.3, 0.4) is 0 Å². The molecule has 0 aliphatic heterocycles. The van der Waals surface area contributed by atoms with Crippen LogP contribution in [-0.4, -0.2) is 43.5 Å². The van der Waals surface area contributed by atoms with Gasteiger partial charge in [-0.1, -0.05) is 36.4 Å². The van der Waals surface area contributed by atoms with E-state index >= 15 is 0 Å². The molecule has 6 nitrogen and oxygen atoms in total. The Kier molecular flexibility index (Phi) is 6.17. The van der Waals surface area contributed by atoms with E-state index in [0.29, 0.717) is 17.9 Å². The van der Waals surface area contributed by atoms with Gasteiger partial charge in [0.25, 0.3) is 0 Å². The molecular weight excluding hydrogens is 342 g/mol. The van der Waals surface area contributed by atoms with Crippen molar-refractivity contribution in [2.75, 3.05) is 13.7 Å². The lowest BCUT2D eigenvalue weighted by molar-refractivity contribution is -0.141. The highest BCUT2D eigenvalue weighted by atomic mass is 32.2. The van der Waals surface area contributed by atoms with E-state index in [1.807, 2.05) is 6.92 Å². The molecule has 0 radical (unpaired) electrons. The smallest absolute Gasteiger partial charge is 0.322 e. The number of aliphatic carboxylic acids is 1. The van der Waals surface area contributed by atoms with Gasteiger partial charge in [0.15, 0.2) is 0 Å². The van der Waals surface area contributed by atoms with E-state index in [-0.39, 0.29) is 11.3 Å². The normalized spacial score (nSPS) is 12.8. The summed E-state index contributed by atoms with van der Waals surface area (Å²) in [4.78, 5) is 11.8. The summed E-state index contributed by atoms with van der Waals surface area (Å²) in [7, 11) is -2.63. The number of ether oxygens (including phenoxy) is 1. The van der Waals surface area contributed by atoms with Gasteiger partial charge in [-0.3, -0.25) is 4.79 Å². The van der Waals surface area contributed by atoms with Crippen molar-refractivity contribution in [3.8, 4) is 5.75 Å². The van der Waals surface area contributed by atoms with Crippen molar-refractivity contribution in [3.63, 3.8) is 0 Å². The lowest BCUT2D eigenvalue weighted by Crippen LogP contribution is -2.43. The van der Waals surface area contributed by atoms with Gasteiger partial charge in [0.1, 0.15) is 11.8 Å². The van der Waals surface area contributed by atoms with E-state index in [2.05, 4.69) is 0 Å². The van der Waals surface area contributed by atoms with E-state index < -0.39 is 22.0 Å². The standard InChI is InChI=1S/C18H21NO5S/c1-3-24-17-12-8-7-9-14(17)13-16(18(20)21)19(2)25(22,23)15-10-5-4-6-11-15/h4-12,16H,3,13H2,1-2H3,(H,20,21). The van der Waals surface area contributed by atoms with Crippen LogP contribution in [0.1, 0.15) is 12.5 Å². The van der Waals surface area contributed by atoms with Crippen LogP contribution in [0.5, 0.6) is 5.75 Å². The summed E-state index contributed by atoms with van der Waals surface area (Å²) in [6.45, 7) is 2.27. The van der Waals surface area contributed by atoms with E-state index in [1.54, 1.807) is 42.5 Å². The third-order valence-corrected chi connectivity index (χ3v) is 5.71. The fourth-order valence-electron chi connectivity index (χ4n) is 2.47. The van der Waals surface area contributed by atoms with Crippen molar-refractivity contribution in [3.05, 3.63) is 60.2 Å². The van der Waals surface area contributed by atoms with Gasteiger partial charge in [-0.25, -0.2) is 8.42 Å². The second kappa shape index (κ2) is 8.13. The topological polar surface area (TPSA) is 83.9 Å². The first-order valence-corrected chi connectivity index (χ1v) is 9.28. The third kappa shape index (κ3) is 4.37. The van der Waals surface area contributed by atoms with Gasteiger partial charge in [0, 0.05) is 13.5 Å². The van der Waals surface area contributed by atoms with Gasteiger partial charge in [0.2, 0.25) is 10.0 Å². The molecule has 0 heterocycles. The highest BCUT2D eigenvalue weighted by Crippen LogP contribution is 2.24. The number of sulfonamides is 1. The first-order valence-electron chi connectivity index (χ1n) is 7.84. The zero-order valence-electron chi connectivity index (χ0n) is 14.1. The zero-order chi connectivity index (χ0) is 18.4. The number of nitrogens with zero attached hydrogens (tertiary/aromatic N) is 1. The van der Waals surface area contributed by atoms with Gasteiger partial charge in [-0.2, -0.15) is 4.31 Å². The second-order valence-electron chi connectivity index (χ2n) is 5.43. The second-order valence-corrected chi connectivity index (χ2v) is 7.43. The molecule has 0 spiro atoms. The molecule has 0 aliphatic carbocycles. The zero-order valence-corrected chi connectivity index (χ0v) is 14.9. The highest BCUT2D eigenvalue weighted by Gasteiger charge is 2.33. The number of para-hydroxylation sites is 1. The van der Waals surface area contributed by atoms with Gasteiger partial charge in [-0.05, 0) is 30.7 Å². The molecule has 0 aromatic heterocycles. The Morgan fingerprint density at radius 3 is 2.32 bits per heavy atom. The number of hydrogen-bond acceptors (Lipinski definition) is 4.